The highest BCUT2D eigenvalue weighted by atomic mass is 35.5. The Labute approximate surface area is 132 Å². The Kier molecular flexibility index (Phi) is 5.41. The molecule has 0 fully saturated rings. The first-order valence-corrected chi connectivity index (χ1v) is 7.57. The fraction of sp³-hybridized carbons (Fsp3) is 0.214. The standard InChI is InChI=1S/C14H15ClN4OS/c1-3-7-19-9-16-18-14(19)21-10(2)13(20)17-12-6-4-5-11(15)8-12/h3-6,8-10H,1,7H2,2H3,(H,17,20)/t10-/m1/s1. The number of allylic oxidation sites excluding steroid dienone is 1. The van der Waals surface area contributed by atoms with Crippen LogP contribution in [-0.4, -0.2) is 25.9 Å². The van der Waals surface area contributed by atoms with Crippen molar-refractivity contribution < 1.29 is 4.79 Å². The average Bonchev–Trinajstić information content (AvgIpc) is 2.86. The van der Waals surface area contributed by atoms with E-state index in [4.69, 9.17) is 11.6 Å². The van der Waals surface area contributed by atoms with Gasteiger partial charge < -0.3 is 9.88 Å². The third-order valence-electron chi connectivity index (χ3n) is 2.65. The minimum absolute atomic E-state index is 0.115. The van der Waals surface area contributed by atoms with Gasteiger partial charge >= 0.3 is 0 Å². The van der Waals surface area contributed by atoms with Crippen molar-refractivity contribution in [3.8, 4) is 0 Å². The van der Waals surface area contributed by atoms with Gasteiger partial charge in [-0.1, -0.05) is 35.5 Å². The average molecular weight is 323 g/mol. The van der Waals surface area contributed by atoms with Crippen molar-refractivity contribution >= 4 is 35.0 Å². The second-order valence-corrected chi connectivity index (χ2v) is 6.06. The fourth-order valence-electron chi connectivity index (χ4n) is 1.62. The second-order valence-electron chi connectivity index (χ2n) is 4.31. The Morgan fingerprint density at radius 1 is 1.62 bits per heavy atom. The number of nitrogens with zero attached hydrogens (tertiary/aromatic N) is 3. The van der Waals surface area contributed by atoms with Crippen LogP contribution >= 0.6 is 23.4 Å². The Morgan fingerprint density at radius 3 is 3.14 bits per heavy atom. The zero-order valence-corrected chi connectivity index (χ0v) is 13.1. The lowest BCUT2D eigenvalue weighted by Crippen LogP contribution is -2.22. The number of amides is 1. The van der Waals surface area contributed by atoms with E-state index < -0.39 is 0 Å². The van der Waals surface area contributed by atoms with Crippen LogP contribution in [0.2, 0.25) is 5.02 Å². The molecule has 0 aliphatic rings. The maximum Gasteiger partial charge on any atom is 0.237 e. The van der Waals surface area contributed by atoms with Crippen molar-refractivity contribution in [2.75, 3.05) is 5.32 Å². The van der Waals surface area contributed by atoms with Gasteiger partial charge in [-0.25, -0.2) is 0 Å². The SMILES string of the molecule is C=CCn1cnnc1S[C@H](C)C(=O)Nc1cccc(Cl)c1. The first-order valence-electron chi connectivity index (χ1n) is 6.32. The Bertz CT molecular complexity index is 643. The summed E-state index contributed by atoms with van der Waals surface area (Å²) >= 11 is 7.24. The maximum atomic E-state index is 12.2. The summed E-state index contributed by atoms with van der Waals surface area (Å²) in [6, 6.07) is 7.04. The number of halogens is 1. The van der Waals surface area contributed by atoms with Crippen molar-refractivity contribution in [3.05, 3.63) is 48.3 Å². The number of aromatic nitrogens is 3. The molecule has 21 heavy (non-hydrogen) atoms. The van der Waals surface area contributed by atoms with Gasteiger partial charge in [-0.3, -0.25) is 4.79 Å². The molecule has 1 N–H and O–H groups in total. The third kappa shape index (κ3) is 4.34. The van der Waals surface area contributed by atoms with Crippen molar-refractivity contribution in [2.45, 2.75) is 23.9 Å². The molecule has 1 aromatic heterocycles. The summed E-state index contributed by atoms with van der Waals surface area (Å²) in [6.07, 6.45) is 3.37. The molecule has 1 amide bonds. The van der Waals surface area contributed by atoms with E-state index in [1.165, 1.54) is 11.8 Å². The normalized spacial score (nSPS) is 11.9. The van der Waals surface area contributed by atoms with Crippen molar-refractivity contribution in [1.29, 1.82) is 0 Å². The van der Waals surface area contributed by atoms with Crippen LogP contribution in [0.4, 0.5) is 5.69 Å². The van der Waals surface area contributed by atoms with Gasteiger partial charge in [0.05, 0.1) is 5.25 Å². The number of anilines is 1. The number of carbonyl (C=O) groups excluding carboxylic acids is 1. The van der Waals surface area contributed by atoms with Gasteiger partial charge in [-0.2, -0.15) is 0 Å². The molecule has 110 valence electrons. The Hall–Kier alpha value is -1.79. The van der Waals surface area contributed by atoms with Gasteiger partial charge in [0.1, 0.15) is 6.33 Å². The van der Waals surface area contributed by atoms with E-state index in [1.54, 1.807) is 36.7 Å². The predicted molar refractivity (Wildman–Crippen MR) is 85.6 cm³/mol. The van der Waals surface area contributed by atoms with Gasteiger partial charge in [-0.15, -0.1) is 16.8 Å². The topological polar surface area (TPSA) is 59.8 Å². The van der Waals surface area contributed by atoms with Crippen LogP contribution < -0.4 is 5.32 Å². The van der Waals surface area contributed by atoms with Gasteiger partial charge in [0, 0.05) is 17.3 Å². The quantitative estimate of drug-likeness (QED) is 0.655. The Balaban J connectivity index is 1.99. The first-order chi connectivity index (χ1) is 10.1. The lowest BCUT2D eigenvalue weighted by atomic mass is 10.3. The zero-order chi connectivity index (χ0) is 15.2. The minimum Gasteiger partial charge on any atom is -0.325 e. The van der Waals surface area contributed by atoms with Crippen molar-refractivity contribution in [1.82, 2.24) is 14.8 Å². The monoisotopic (exact) mass is 322 g/mol. The molecule has 0 spiro atoms. The highest BCUT2D eigenvalue weighted by molar-refractivity contribution is 8.00. The molecule has 2 rings (SSSR count). The van der Waals surface area contributed by atoms with Gasteiger partial charge in [-0.05, 0) is 25.1 Å². The number of hydrogen-bond donors (Lipinski definition) is 1. The highest BCUT2D eigenvalue weighted by Crippen LogP contribution is 2.23. The van der Waals surface area contributed by atoms with Crippen LogP contribution in [0.25, 0.3) is 0 Å². The van der Waals surface area contributed by atoms with E-state index in [2.05, 4.69) is 22.1 Å². The molecular weight excluding hydrogens is 308 g/mol. The summed E-state index contributed by atoms with van der Waals surface area (Å²) in [5, 5.41) is 11.6. The summed E-state index contributed by atoms with van der Waals surface area (Å²) in [6.45, 7) is 6.10. The number of hydrogen-bond acceptors (Lipinski definition) is 4. The summed E-state index contributed by atoms with van der Waals surface area (Å²) in [4.78, 5) is 12.2. The van der Waals surface area contributed by atoms with E-state index in [0.29, 0.717) is 22.4 Å². The molecule has 0 saturated heterocycles. The van der Waals surface area contributed by atoms with Crippen LogP contribution in [0.15, 0.2) is 48.4 Å². The van der Waals surface area contributed by atoms with Crippen molar-refractivity contribution in [2.24, 2.45) is 0 Å². The number of carbonyl (C=O) groups is 1. The van der Waals surface area contributed by atoms with Crippen LogP contribution in [0.1, 0.15) is 6.92 Å². The van der Waals surface area contributed by atoms with Gasteiger partial charge in [0.15, 0.2) is 5.16 Å². The number of thioether (sulfide) groups is 1. The molecule has 0 radical (unpaired) electrons. The lowest BCUT2D eigenvalue weighted by Gasteiger charge is -2.12. The van der Waals surface area contributed by atoms with Crippen LogP contribution in [-0.2, 0) is 11.3 Å². The number of rotatable bonds is 6. The minimum atomic E-state index is -0.309. The van der Waals surface area contributed by atoms with E-state index >= 15 is 0 Å². The number of benzene rings is 1. The molecule has 2 aromatic rings. The molecular formula is C14H15ClN4OS. The highest BCUT2D eigenvalue weighted by Gasteiger charge is 2.17. The largest absolute Gasteiger partial charge is 0.325 e. The molecule has 1 heterocycles. The van der Waals surface area contributed by atoms with Gasteiger partial charge in [0.2, 0.25) is 5.91 Å². The smallest absolute Gasteiger partial charge is 0.237 e. The van der Waals surface area contributed by atoms with E-state index in [0.717, 1.165) is 0 Å². The second kappa shape index (κ2) is 7.28. The molecule has 0 saturated carbocycles. The maximum absolute atomic E-state index is 12.2. The molecule has 1 aromatic carbocycles. The summed E-state index contributed by atoms with van der Waals surface area (Å²) in [5.41, 5.74) is 0.674. The molecule has 5 nitrogen and oxygen atoms in total. The molecule has 0 bridgehead atoms. The fourth-order valence-corrected chi connectivity index (χ4v) is 2.65. The predicted octanol–water partition coefficient (Wildman–Crippen LogP) is 3.24. The molecule has 0 aliphatic carbocycles. The zero-order valence-electron chi connectivity index (χ0n) is 11.5. The summed E-state index contributed by atoms with van der Waals surface area (Å²) in [5.74, 6) is -0.115. The molecule has 7 heteroatoms. The number of nitrogens with one attached hydrogen (secondary N) is 1. The van der Waals surface area contributed by atoms with Crippen LogP contribution in [0.5, 0.6) is 0 Å². The van der Waals surface area contributed by atoms with Gasteiger partial charge in [0.25, 0.3) is 0 Å². The van der Waals surface area contributed by atoms with E-state index in [-0.39, 0.29) is 11.2 Å². The molecule has 0 unspecified atom stereocenters. The summed E-state index contributed by atoms with van der Waals surface area (Å²) < 4.78 is 1.83. The third-order valence-corrected chi connectivity index (χ3v) is 3.98. The first kappa shape index (κ1) is 15.6. The lowest BCUT2D eigenvalue weighted by molar-refractivity contribution is -0.115. The Morgan fingerprint density at radius 2 is 2.43 bits per heavy atom. The van der Waals surface area contributed by atoms with Crippen molar-refractivity contribution in [3.63, 3.8) is 0 Å². The summed E-state index contributed by atoms with van der Waals surface area (Å²) in [7, 11) is 0. The molecule has 0 aliphatic heterocycles. The van der Waals surface area contributed by atoms with E-state index in [1.807, 2.05) is 11.5 Å². The van der Waals surface area contributed by atoms with Crippen LogP contribution in [0, 0.1) is 0 Å². The van der Waals surface area contributed by atoms with Crippen LogP contribution in [0.3, 0.4) is 0 Å². The molecule has 1 atom stereocenters. The van der Waals surface area contributed by atoms with E-state index in [9.17, 15) is 4.79 Å².